The van der Waals surface area contributed by atoms with E-state index in [-0.39, 0.29) is 18.4 Å². The number of aryl methyl sites for hydroxylation is 1. The van der Waals surface area contributed by atoms with Gasteiger partial charge in [0.2, 0.25) is 5.91 Å². The molecule has 1 saturated carbocycles. The fourth-order valence-corrected chi connectivity index (χ4v) is 2.69. The van der Waals surface area contributed by atoms with Gasteiger partial charge in [0.1, 0.15) is 5.82 Å². The van der Waals surface area contributed by atoms with E-state index >= 15 is 0 Å². The number of hydrogen-bond donors (Lipinski definition) is 1. The van der Waals surface area contributed by atoms with Crippen molar-refractivity contribution in [1.29, 1.82) is 0 Å². The van der Waals surface area contributed by atoms with Gasteiger partial charge in [-0.2, -0.15) is 0 Å². The van der Waals surface area contributed by atoms with Gasteiger partial charge in [-0.25, -0.2) is 9.97 Å². The lowest BCUT2D eigenvalue weighted by molar-refractivity contribution is -0.121. The van der Waals surface area contributed by atoms with Crippen LogP contribution in [0.25, 0.3) is 0 Å². The van der Waals surface area contributed by atoms with Crippen molar-refractivity contribution in [2.24, 2.45) is 0 Å². The molecule has 1 aliphatic heterocycles. The van der Waals surface area contributed by atoms with E-state index in [0.717, 1.165) is 43.6 Å². The van der Waals surface area contributed by atoms with Crippen molar-refractivity contribution < 1.29 is 9.59 Å². The molecule has 0 unspecified atom stereocenters. The van der Waals surface area contributed by atoms with Crippen molar-refractivity contribution in [3.05, 3.63) is 23.3 Å². The van der Waals surface area contributed by atoms with Gasteiger partial charge in [0.25, 0.3) is 5.91 Å². The maximum absolute atomic E-state index is 12.6. The lowest BCUT2D eigenvalue weighted by Gasteiger charge is -2.20. The largest absolute Gasteiger partial charge is 0.355 e. The third-order valence-electron chi connectivity index (χ3n) is 4.09. The molecule has 1 N–H and O–H groups in total. The van der Waals surface area contributed by atoms with Gasteiger partial charge in [-0.1, -0.05) is 6.92 Å². The Balaban J connectivity index is 1.73. The molecule has 0 bridgehead atoms. The molecular weight excluding hydrogens is 280 g/mol. The van der Waals surface area contributed by atoms with Crippen LogP contribution in [0, 0.1) is 0 Å². The minimum absolute atomic E-state index is 0.103. The van der Waals surface area contributed by atoms with Gasteiger partial charge < -0.3 is 10.2 Å². The van der Waals surface area contributed by atoms with Gasteiger partial charge in [-0.3, -0.25) is 9.59 Å². The van der Waals surface area contributed by atoms with Crippen LogP contribution in [0.4, 0.5) is 0 Å². The Bertz CT molecular complexity index is 584. The fourth-order valence-electron chi connectivity index (χ4n) is 2.69. The molecule has 1 aromatic rings. The summed E-state index contributed by atoms with van der Waals surface area (Å²) in [6, 6.07) is 0. The Morgan fingerprint density at radius 3 is 3.00 bits per heavy atom. The van der Waals surface area contributed by atoms with Gasteiger partial charge in [0.05, 0.1) is 17.8 Å². The summed E-state index contributed by atoms with van der Waals surface area (Å²) in [4.78, 5) is 35.0. The van der Waals surface area contributed by atoms with Crippen LogP contribution in [0.1, 0.15) is 60.4 Å². The van der Waals surface area contributed by atoms with E-state index in [2.05, 4.69) is 15.3 Å². The molecule has 0 aromatic carbocycles. The van der Waals surface area contributed by atoms with Crippen molar-refractivity contribution >= 4 is 11.8 Å². The molecule has 2 heterocycles. The number of carbonyl (C=O) groups excluding carboxylic acids is 2. The van der Waals surface area contributed by atoms with Crippen LogP contribution in [-0.4, -0.2) is 46.3 Å². The van der Waals surface area contributed by atoms with Crippen molar-refractivity contribution in [1.82, 2.24) is 20.2 Å². The zero-order valence-electron chi connectivity index (χ0n) is 13.0. The maximum Gasteiger partial charge on any atom is 0.257 e. The number of carbonyl (C=O) groups is 2. The van der Waals surface area contributed by atoms with E-state index in [1.807, 2.05) is 6.92 Å². The molecule has 118 valence electrons. The Kier molecular flexibility index (Phi) is 4.36. The second-order valence-corrected chi connectivity index (χ2v) is 6.04. The Labute approximate surface area is 130 Å². The highest BCUT2D eigenvalue weighted by Crippen LogP contribution is 2.38. The molecule has 0 atom stereocenters. The van der Waals surface area contributed by atoms with E-state index in [1.54, 1.807) is 11.1 Å². The van der Waals surface area contributed by atoms with Gasteiger partial charge in [-0.05, 0) is 32.1 Å². The van der Waals surface area contributed by atoms with Crippen LogP contribution in [0.3, 0.4) is 0 Å². The molecule has 6 heteroatoms. The zero-order chi connectivity index (χ0) is 15.5. The molecular formula is C16H22N4O2. The SMILES string of the molecule is CCCNC(=O)CN1CCCc2nc(C3CC3)ncc2C1=O. The summed E-state index contributed by atoms with van der Waals surface area (Å²) in [5, 5.41) is 2.81. The van der Waals surface area contributed by atoms with Crippen molar-refractivity contribution in [3.8, 4) is 0 Å². The third-order valence-corrected chi connectivity index (χ3v) is 4.09. The quantitative estimate of drug-likeness (QED) is 0.888. The smallest absolute Gasteiger partial charge is 0.257 e. The fraction of sp³-hybridized carbons (Fsp3) is 0.625. The monoisotopic (exact) mass is 302 g/mol. The molecule has 0 spiro atoms. The van der Waals surface area contributed by atoms with Crippen LogP contribution >= 0.6 is 0 Å². The zero-order valence-corrected chi connectivity index (χ0v) is 13.0. The normalized spacial score (nSPS) is 17.9. The van der Waals surface area contributed by atoms with E-state index in [9.17, 15) is 9.59 Å². The lowest BCUT2D eigenvalue weighted by atomic mass is 10.1. The first kappa shape index (κ1) is 14.9. The van der Waals surface area contributed by atoms with Crippen LogP contribution in [0.2, 0.25) is 0 Å². The Morgan fingerprint density at radius 2 is 2.27 bits per heavy atom. The molecule has 2 aliphatic rings. The van der Waals surface area contributed by atoms with Crippen molar-refractivity contribution in [2.75, 3.05) is 19.6 Å². The lowest BCUT2D eigenvalue weighted by Crippen LogP contribution is -2.41. The average Bonchev–Trinajstić information content (AvgIpc) is 3.35. The first-order valence-corrected chi connectivity index (χ1v) is 8.10. The molecule has 0 saturated heterocycles. The Morgan fingerprint density at radius 1 is 1.45 bits per heavy atom. The molecule has 1 aliphatic carbocycles. The number of amides is 2. The number of nitrogens with zero attached hydrogens (tertiary/aromatic N) is 3. The number of aromatic nitrogens is 2. The summed E-state index contributed by atoms with van der Waals surface area (Å²) in [5.41, 5.74) is 1.41. The first-order valence-electron chi connectivity index (χ1n) is 8.10. The van der Waals surface area contributed by atoms with Crippen LogP contribution in [0.15, 0.2) is 6.20 Å². The van der Waals surface area contributed by atoms with E-state index < -0.39 is 0 Å². The van der Waals surface area contributed by atoms with Gasteiger partial charge in [-0.15, -0.1) is 0 Å². The topological polar surface area (TPSA) is 75.2 Å². The number of rotatable bonds is 5. The van der Waals surface area contributed by atoms with E-state index in [1.165, 1.54) is 0 Å². The van der Waals surface area contributed by atoms with Gasteiger partial charge >= 0.3 is 0 Å². The minimum atomic E-state index is -0.124. The molecule has 1 aromatic heterocycles. The second kappa shape index (κ2) is 6.42. The number of hydrogen-bond acceptors (Lipinski definition) is 4. The van der Waals surface area contributed by atoms with Gasteiger partial charge in [0, 0.05) is 25.2 Å². The van der Waals surface area contributed by atoms with Crippen LogP contribution in [-0.2, 0) is 11.2 Å². The predicted octanol–water partition coefficient (Wildman–Crippen LogP) is 1.27. The van der Waals surface area contributed by atoms with Crippen LogP contribution < -0.4 is 5.32 Å². The highest BCUT2D eigenvalue weighted by Gasteiger charge is 2.30. The van der Waals surface area contributed by atoms with E-state index in [4.69, 9.17) is 0 Å². The molecule has 3 rings (SSSR count). The standard InChI is InChI=1S/C16H22N4O2/c1-2-7-17-14(21)10-20-8-3-4-13-12(16(20)22)9-18-15(19-13)11-5-6-11/h9,11H,2-8,10H2,1H3,(H,17,21). The number of nitrogens with one attached hydrogen (secondary N) is 1. The second-order valence-electron chi connectivity index (χ2n) is 6.04. The molecule has 6 nitrogen and oxygen atoms in total. The Hall–Kier alpha value is -1.98. The summed E-state index contributed by atoms with van der Waals surface area (Å²) in [6.45, 7) is 3.35. The summed E-state index contributed by atoms with van der Waals surface area (Å²) >= 11 is 0. The molecule has 2 amide bonds. The van der Waals surface area contributed by atoms with E-state index in [0.29, 0.717) is 24.6 Å². The molecule has 1 fully saturated rings. The van der Waals surface area contributed by atoms with Crippen LogP contribution in [0.5, 0.6) is 0 Å². The van der Waals surface area contributed by atoms with Crippen molar-refractivity contribution in [2.45, 2.75) is 44.9 Å². The summed E-state index contributed by atoms with van der Waals surface area (Å²) in [7, 11) is 0. The number of fused-ring (bicyclic) bond motifs is 1. The molecule has 0 radical (unpaired) electrons. The highest BCUT2D eigenvalue weighted by molar-refractivity contribution is 5.97. The third kappa shape index (κ3) is 3.26. The highest BCUT2D eigenvalue weighted by atomic mass is 16.2. The summed E-state index contributed by atoms with van der Waals surface area (Å²) in [5.74, 6) is 1.14. The maximum atomic E-state index is 12.6. The summed E-state index contributed by atoms with van der Waals surface area (Å²) < 4.78 is 0. The van der Waals surface area contributed by atoms with Gasteiger partial charge in [0.15, 0.2) is 0 Å². The predicted molar refractivity (Wildman–Crippen MR) is 81.5 cm³/mol. The summed E-state index contributed by atoms with van der Waals surface area (Å²) in [6.07, 6.45) is 6.45. The first-order chi connectivity index (χ1) is 10.7. The average molecular weight is 302 g/mol. The molecule has 22 heavy (non-hydrogen) atoms. The van der Waals surface area contributed by atoms with Crippen molar-refractivity contribution in [3.63, 3.8) is 0 Å². The minimum Gasteiger partial charge on any atom is -0.355 e.